The molecule has 1 atom stereocenters. The number of nitrogens with zero attached hydrogens (tertiary/aromatic N) is 4. The van der Waals surface area contributed by atoms with Crippen molar-refractivity contribution in [2.24, 2.45) is 10.4 Å². The first kappa shape index (κ1) is 22.0. The van der Waals surface area contributed by atoms with E-state index in [1.165, 1.54) is 10.4 Å². The van der Waals surface area contributed by atoms with Gasteiger partial charge in [-0.3, -0.25) is 9.79 Å². The van der Waals surface area contributed by atoms with Crippen molar-refractivity contribution in [2.45, 2.75) is 44.6 Å². The van der Waals surface area contributed by atoms with Gasteiger partial charge in [-0.2, -0.15) is 4.31 Å². The third-order valence-corrected chi connectivity index (χ3v) is 8.46. The number of rotatable bonds is 5. The second-order valence-corrected chi connectivity index (χ2v) is 11.6. The Hall–Kier alpha value is -2.78. The lowest BCUT2D eigenvalue weighted by Crippen LogP contribution is -2.44. The van der Waals surface area contributed by atoms with Crippen molar-refractivity contribution in [2.75, 3.05) is 31.1 Å². The van der Waals surface area contributed by atoms with E-state index in [9.17, 15) is 13.2 Å². The fourth-order valence-electron chi connectivity index (χ4n) is 4.76. The van der Waals surface area contributed by atoms with Crippen LogP contribution in [0.15, 0.2) is 46.4 Å². The van der Waals surface area contributed by atoms with Crippen LogP contribution >= 0.6 is 0 Å². The standard InChI is InChI=1S/C24H28N4O4S/c1-16-6-4-10-25-23(16)32-13-17-7-5-11-28(17)33(30,31)18-8-9-20-19(12-18)21(29)22-26-14-24(2,3)15-27(20)22/h4,6,8-10,12,17H,5,7,11,13-15H2,1-3H3/t17-/m0/s1. The first-order valence-corrected chi connectivity index (χ1v) is 12.7. The molecule has 0 bridgehead atoms. The molecule has 0 N–H and O–H groups in total. The number of carbonyl (C=O) groups excluding carboxylic acids is 1. The quantitative estimate of drug-likeness (QED) is 0.670. The highest BCUT2D eigenvalue weighted by Crippen LogP contribution is 2.38. The van der Waals surface area contributed by atoms with Crippen LogP contribution in [0.1, 0.15) is 42.6 Å². The van der Waals surface area contributed by atoms with E-state index in [0.717, 1.165) is 17.7 Å². The van der Waals surface area contributed by atoms with Crippen molar-refractivity contribution >= 4 is 27.3 Å². The summed E-state index contributed by atoms with van der Waals surface area (Å²) in [6.45, 7) is 8.04. The van der Waals surface area contributed by atoms with Gasteiger partial charge < -0.3 is 9.64 Å². The number of hydrogen-bond acceptors (Lipinski definition) is 7. The van der Waals surface area contributed by atoms with Gasteiger partial charge in [-0.1, -0.05) is 19.9 Å². The fraction of sp³-hybridized carbons (Fsp3) is 0.458. The van der Waals surface area contributed by atoms with Crippen LogP contribution in [-0.4, -0.2) is 61.6 Å². The molecule has 1 aromatic carbocycles. The molecule has 1 aromatic heterocycles. The Morgan fingerprint density at radius 2 is 2.06 bits per heavy atom. The normalized spacial score (nSPS) is 22.2. The van der Waals surface area contributed by atoms with E-state index in [1.54, 1.807) is 18.3 Å². The molecule has 5 rings (SSSR count). The van der Waals surface area contributed by atoms with Crippen LogP contribution in [0.5, 0.6) is 5.88 Å². The van der Waals surface area contributed by atoms with Crippen LogP contribution in [0.4, 0.5) is 5.69 Å². The molecule has 9 heteroatoms. The van der Waals surface area contributed by atoms with Gasteiger partial charge in [0.1, 0.15) is 6.61 Å². The van der Waals surface area contributed by atoms with Gasteiger partial charge in [0, 0.05) is 36.8 Å². The van der Waals surface area contributed by atoms with E-state index in [0.29, 0.717) is 43.3 Å². The number of carbonyl (C=O) groups is 1. The highest BCUT2D eigenvalue weighted by molar-refractivity contribution is 7.89. The Morgan fingerprint density at radius 1 is 1.24 bits per heavy atom. The van der Waals surface area contributed by atoms with Crippen molar-refractivity contribution in [1.29, 1.82) is 0 Å². The molecule has 3 aliphatic heterocycles. The molecule has 8 nitrogen and oxygen atoms in total. The Labute approximate surface area is 194 Å². The first-order chi connectivity index (χ1) is 15.7. The molecule has 0 unspecified atom stereocenters. The largest absolute Gasteiger partial charge is 0.476 e. The van der Waals surface area contributed by atoms with Crippen molar-refractivity contribution in [1.82, 2.24) is 9.29 Å². The van der Waals surface area contributed by atoms with Crippen LogP contribution in [0.25, 0.3) is 0 Å². The molecule has 1 fully saturated rings. The number of aromatic nitrogens is 1. The lowest BCUT2D eigenvalue weighted by Gasteiger charge is -2.34. The minimum absolute atomic E-state index is 0.0507. The van der Waals surface area contributed by atoms with Gasteiger partial charge in [0.15, 0.2) is 5.84 Å². The summed E-state index contributed by atoms with van der Waals surface area (Å²) in [5.41, 5.74) is 2.00. The summed E-state index contributed by atoms with van der Waals surface area (Å²) in [4.78, 5) is 23.8. The molecular formula is C24H28N4O4S. The van der Waals surface area contributed by atoms with Gasteiger partial charge in [-0.15, -0.1) is 0 Å². The van der Waals surface area contributed by atoms with E-state index in [4.69, 9.17) is 4.74 Å². The van der Waals surface area contributed by atoms with Crippen LogP contribution < -0.4 is 9.64 Å². The number of ether oxygens (including phenoxy) is 1. The second-order valence-electron chi connectivity index (χ2n) is 9.75. The van der Waals surface area contributed by atoms with Gasteiger partial charge in [-0.25, -0.2) is 13.4 Å². The van der Waals surface area contributed by atoms with Crippen molar-refractivity contribution in [3.8, 4) is 5.88 Å². The first-order valence-electron chi connectivity index (χ1n) is 11.2. The summed E-state index contributed by atoms with van der Waals surface area (Å²) in [6.07, 6.45) is 3.14. The lowest BCUT2D eigenvalue weighted by atomic mass is 9.91. The van der Waals surface area contributed by atoms with Gasteiger partial charge in [-0.05, 0) is 44.0 Å². The van der Waals surface area contributed by atoms with Crippen molar-refractivity contribution in [3.05, 3.63) is 47.7 Å². The van der Waals surface area contributed by atoms with Crippen molar-refractivity contribution in [3.63, 3.8) is 0 Å². The Morgan fingerprint density at radius 3 is 2.85 bits per heavy atom. The van der Waals surface area contributed by atoms with Crippen molar-refractivity contribution < 1.29 is 17.9 Å². The second kappa shape index (κ2) is 7.92. The van der Waals surface area contributed by atoms with E-state index in [2.05, 4.69) is 23.8 Å². The number of ketones is 1. The number of aliphatic imine (C=N–C) groups is 1. The Bertz CT molecular complexity index is 1250. The maximum Gasteiger partial charge on any atom is 0.243 e. The number of amidine groups is 1. The minimum Gasteiger partial charge on any atom is -0.476 e. The number of benzene rings is 1. The van der Waals surface area contributed by atoms with Crippen LogP contribution in [0.2, 0.25) is 0 Å². The number of hydrogen-bond donors (Lipinski definition) is 0. The molecule has 0 aliphatic carbocycles. The maximum absolute atomic E-state index is 13.5. The summed E-state index contributed by atoms with van der Waals surface area (Å²) >= 11 is 0. The smallest absolute Gasteiger partial charge is 0.243 e. The van der Waals surface area contributed by atoms with Gasteiger partial charge in [0.05, 0.1) is 22.2 Å². The molecule has 174 valence electrons. The average molecular weight is 469 g/mol. The predicted octanol–water partition coefficient (Wildman–Crippen LogP) is 3.06. The highest BCUT2D eigenvalue weighted by Gasteiger charge is 2.42. The molecule has 4 heterocycles. The topological polar surface area (TPSA) is 92.2 Å². The van der Waals surface area contributed by atoms with Crippen LogP contribution in [0, 0.1) is 12.3 Å². The molecule has 33 heavy (non-hydrogen) atoms. The van der Waals surface area contributed by atoms with Crippen LogP contribution in [0.3, 0.4) is 0 Å². The number of sulfonamides is 1. The predicted molar refractivity (Wildman–Crippen MR) is 126 cm³/mol. The molecule has 1 saturated heterocycles. The van der Waals surface area contributed by atoms with E-state index < -0.39 is 10.0 Å². The summed E-state index contributed by atoms with van der Waals surface area (Å²) in [6, 6.07) is 8.32. The maximum atomic E-state index is 13.5. The Balaban J connectivity index is 1.40. The van der Waals surface area contributed by atoms with Crippen LogP contribution in [-0.2, 0) is 10.0 Å². The number of aryl methyl sites for hydroxylation is 1. The summed E-state index contributed by atoms with van der Waals surface area (Å²) in [7, 11) is -3.78. The fourth-order valence-corrected chi connectivity index (χ4v) is 6.46. The van der Waals surface area contributed by atoms with E-state index >= 15 is 0 Å². The highest BCUT2D eigenvalue weighted by atomic mass is 32.2. The third kappa shape index (κ3) is 3.83. The Kier molecular flexibility index (Phi) is 5.29. The monoisotopic (exact) mass is 468 g/mol. The molecule has 0 spiro atoms. The zero-order valence-corrected chi connectivity index (χ0v) is 19.9. The SMILES string of the molecule is Cc1cccnc1OC[C@@H]1CCCN1S(=O)(=O)c1ccc2c(c1)C(=O)C1=NCC(C)(C)CN12. The van der Waals surface area contributed by atoms with E-state index in [-0.39, 0.29) is 28.7 Å². The zero-order chi connectivity index (χ0) is 23.4. The molecule has 0 saturated carbocycles. The summed E-state index contributed by atoms with van der Waals surface area (Å²) in [5.74, 6) is 0.728. The van der Waals surface area contributed by atoms with Gasteiger partial charge in [0.2, 0.25) is 21.7 Å². The summed E-state index contributed by atoms with van der Waals surface area (Å²) in [5, 5.41) is 0. The molecule has 2 aromatic rings. The molecule has 0 amide bonds. The molecule has 0 radical (unpaired) electrons. The number of pyridine rings is 1. The number of anilines is 1. The zero-order valence-electron chi connectivity index (χ0n) is 19.1. The number of fused-ring (bicyclic) bond motifs is 3. The molecule has 3 aliphatic rings. The third-order valence-electron chi connectivity index (χ3n) is 6.51. The lowest BCUT2D eigenvalue weighted by molar-refractivity contribution is 0.106. The summed E-state index contributed by atoms with van der Waals surface area (Å²) < 4.78 is 34.5. The molecular weight excluding hydrogens is 440 g/mol. The van der Waals surface area contributed by atoms with Gasteiger partial charge in [0.25, 0.3) is 0 Å². The van der Waals surface area contributed by atoms with Gasteiger partial charge >= 0.3 is 0 Å². The number of Topliss-reactive ketones (excluding diaryl/α,β-unsaturated/α-hetero) is 1. The minimum atomic E-state index is -3.78. The average Bonchev–Trinajstić information content (AvgIpc) is 3.36. The van der Waals surface area contributed by atoms with E-state index in [1.807, 2.05) is 24.0 Å².